The normalized spacial score (nSPS) is 17.3. The maximum atomic E-state index is 12.9. The Morgan fingerprint density at radius 3 is 2.83 bits per heavy atom. The van der Waals surface area contributed by atoms with Gasteiger partial charge in [0.05, 0.1) is 23.9 Å². The summed E-state index contributed by atoms with van der Waals surface area (Å²) in [6.07, 6.45) is 2.32. The lowest BCUT2D eigenvalue weighted by atomic mass is 10.1. The first-order valence-electron chi connectivity index (χ1n) is 8.33. The molecule has 1 saturated heterocycles. The van der Waals surface area contributed by atoms with Crippen molar-refractivity contribution in [1.29, 1.82) is 0 Å². The summed E-state index contributed by atoms with van der Waals surface area (Å²) in [6.45, 7) is 6.54. The number of aromatic nitrogens is 4. The fourth-order valence-corrected chi connectivity index (χ4v) is 3.35. The van der Waals surface area contributed by atoms with Gasteiger partial charge >= 0.3 is 0 Å². The van der Waals surface area contributed by atoms with Gasteiger partial charge in [0.25, 0.3) is 0 Å². The van der Waals surface area contributed by atoms with Crippen LogP contribution < -0.4 is 5.32 Å². The number of nitrogens with zero attached hydrogens (tertiary/aromatic N) is 4. The van der Waals surface area contributed by atoms with Crippen LogP contribution in [0.4, 0.5) is 5.82 Å². The van der Waals surface area contributed by atoms with Gasteiger partial charge in [-0.2, -0.15) is 5.10 Å². The first-order valence-corrected chi connectivity index (χ1v) is 8.33. The maximum Gasteiger partial charge on any atom is 0.227 e. The summed E-state index contributed by atoms with van der Waals surface area (Å²) >= 11 is 0. The highest BCUT2D eigenvalue weighted by molar-refractivity contribution is 5.80. The Labute approximate surface area is 141 Å². The van der Waals surface area contributed by atoms with Gasteiger partial charge in [-0.1, -0.05) is 0 Å². The molecule has 24 heavy (non-hydrogen) atoms. The number of hydrogen-bond acceptors (Lipinski definition) is 5. The smallest absolute Gasteiger partial charge is 0.227 e. The van der Waals surface area contributed by atoms with E-state index in [4.69, 9.17) is 0 Å². The lowest BCUT2D eigenvalue weighted by Crippen LogP contribution is -2.32. The summed E-state index contributed by atoms with van der Waals surface area (Å²) < 4.78 is 0. The number of nitrogens with one attached hydrogen (secondary N) is 2. The predicted molar refractivity (Wildman–Crippen MR) is 91.8 cm³/mol. The Balaban J connectivity index is 1.83. The molecule has 0 saturated carbocycles. The van der Waals surface area contributed by atoms with E-state index >= 15 is 0 Å². The molecule has 7 heteroatoms. The van der Waals surface area contributed by atoms with Gasteiger partial charge in [0.15, 0.2) is 0 Å². The average molecular weight is 328 g/mol. The Morgan fingerprint density at radius 2 is 2.17 bits per heavy atom. The molecule has 2 aromatic heterocycles. The Bertz CT molecular complexity index is 734. The third-order valence-electron chi connectivity index (χ3n) is 4.64. The molecule has 1 aliphatic rings. The summed E-state index contributed by atoms with van der Waals surface area (Å²) in [7, 11) is 1.84. The Hall–Kier alpha value is -2.44. The van der Waals surface area contributed by atoms with Crippen molar-refractivity contribution in [3.05, 3.63) is 34.5 Å². The number of rotatable bonds is 4. The molecular formula is C17H24N6O. The zero-order valence-electron chi connectivity index (χ0n) is 14.7. The summed E-state index contributed by atoms with van der Waals surface area (Å²) in [6, 6.07) is 1.97. The fraction of sp³-hybridized carbons (Fsp3) is 0.529. The molecule has 0 unspecified atom stereocenters. The Morgan fingerprint density at radius 1 is 1.38 bits per heavy atom. The van der Waals surface area contributed by atoms with Gasteiger partial charge in [-0.05, 0) is 33.6 Å². The SMILES string of the molecule is CNc1cc([C@@H]2CCCN2C(=O)Cc2c(C)n[nH]c2C)nc(C)n1. The molecule has 0 bridgehead atoms. The zero-order valence-corrected chi connectivity index (χ0v) is 14.7. The Kier molecular flexibility index (Phi) is 4.51. The minimum Gasteiger partial charge on any atom is -0.373 e. The van der Waals surface area contributed by atoms with Gasteiger partial charge in [0.1, 0.15) is 11.6 Å². The zero-order chi connectivity index (χ0) is 17.3. The van der Waals surface area contributed by atoms with E-state index in [2.05, 4.69) is 25.5 Å². The van der Waals surface area contributed by atoms with E-state index in [-0.39, 0.29) is 11.9 Å². The van der Waals surface area contributed by atoms with Crippen LogP contribution in [0.1, 0.15) is 47.4 Å². The largest absolute Gasteiger partial charge is 0.373 e. The van der Waals surface area contributed by atoms with E-state index in [0.717, 1.165) is 53.7 Å². The molecule has 3 rings (SSSR count). The van der Waals surface area contributed by atoms with E-state index in [9.17, 15) is 4.79 Å². The first-order chi connectivity index (χ1) is 11.5. The van der Waals surface area contributed by atoms with Crippen molar-refractivity contribution < 1.29 is 4.79 Å². The van der Waals surface area contributed by atoms with Crippen LogP contribution in [0, 0.1) is 20.8 Å². The fourth-order valence-electron chi connectivity index (χ4n) is 3.35. The quantitative estimate of drug-likeness (QED) is 0.897. The molecule has 0 aliphatic carbocycles. The third kappa shape index (κ3) is 3.11. The highest BCUT2D eigenvalue weighted by Gasteiger charge is 2.32. The number of carbonyl (C=O) groups is 1. The minimum atomic E-state index is 0.0267. The molecule has 3 heterocycles. The van der Waals surface area contributed by atoms with Crippen molar-refractivity contribution in [3.63, 3.8) is 0 Å². The van der Waals surface area contributed by atoms with Crippen LogP contribution in [0.15, 0.2) is 6.07 Å². The molecule has 0 radical (unpaired) electrons. The van der Waals surface area contributed by atoms with Crippen LogP contribution in [0.2, 0.25) is 0 Å². The van der Waals surface area contributed by atoms with Gasteiger partial charge in [0.2, 0.25) is 5.91 Å². The monoisotopic (exact) mass is 328 g/mol. The number of aryl methyl sites for hydroxylation is 3. The number of carbonyl (C=O) groups excluding carboxylic acids is 1. The number of H-pyrrole nitrogens is 1. The van der Waals surface area contributed by atoms with Crippen LogP contribution in [0.25, 0.3) is 0 Å². The van der Waals surface area contributed by atoms with Crippen LogP contribution >= 0.6 is 0 Å². The molecule has 7 nitrogen and oxygen atoms in total. The highest BCUT2D eigenvalue weighted by atomic mass is 16.2. The predicted octanol–water partition coefficient (Wildman–Crippen LogP) is 2.07. The number of amides is 1. The molecular weight excluding hydrogens is 304 g/mol. The molecule has 1 amide bonds. The summed E-state index contributed by atoms with van der Waals surface area (Å²) in [4.78, 5) is 23.7. The van der Waals surface area contributed by atoms with Gasteiger partial charge in [-0.25, -0.2) is 9.97 Å². The van der Waals surface area contributed by atoms with Gasteiger partial charge in [-0.15, -0.1) is 0 Å². The van der Waals surface area contributed by atoms with E-state index in [1.54, 1.807) is 0 Å². The van der Waals surface area contributed by atoms with E-state index in [1.165, 1.54) is 0 Å². The van der Waals surface area contributed by atoms with Crippen molar-refractivity contribution in [3.8, 4) is 0 Å². The maximum absolute atomic E-state index is 12.9. The third-order valence-corrected chi connectivity index (χ3v) is 4.64. The van der Waals surface area contributed by atoms with Crippen molar-refractivity contribution in [2.75, 3.05) is 18.9 Å². The first kappa shape index (κ1) is 16.4. The standard InChI is InChI=1S/C17H24N6O/c1-10-13(11(2)22-21-10)8-17(24)23-7-5-6-15(23)14-9-16(18-4)20-12(3)19-14/h9,15H,5-8H2,1-4H3,(H,21,22)(H,18,19,20)/t15-/m0/s1. The van der Waals surface area contributed by atoms with Gasteiger partial charge < -0.3 is 10.2 Å². The number of aromatic amines is 1. The summed E-state index contributed by atoms with van der Waals surface area (Å²) in [5, 5.41) is 10.2. The molecule has 1 aliphatic heterocycles. The van der Waals surface area contributed by atoms with Crippen LogP contribution in [-0.2, 0) is 11.2 Å². The van der Waals surface area contributed by atoms with Crippen LogP contribution in [0.5, 0.6) is 0 Å². The van der Waals surface area contributed by atoms with Crippen molar-refractivity contribution in [2.24, 2.45) is 0 Å². The van der Waals surface area contributed by atoms with E-state index in [1.807, 2.05) is 38.8 Å². The topological polar surface area (TPSA) is 86.8 Å². The van der Waals surface area contributed by atoms with Crippen molar-refractivity contribution in [2.45, 2.75) is 46.1 Å². The molecule has 1 fully saturated rings. The van der Waals surface area contributed by atoms with E-state index < -0.39 is 0 Å². The lowest BCUT2D eigenvalue weighted by molar-refractivity contribution is -0.131. The van der Waals surface area contributed by atoms with Crippen molar-refractivity contribution >= 4 is 11.7 Å². The van der Waals surface area contributed by atoms with Crippen molar-refractivity contribution in [1.82, 2.24) is 25.1 Å². The average Bonchev–Trinajstić information content (AvgIpc) is 3.16. The molecule has 1 atom stereocenters. The lowest BCUT2D eigenvalue weighted by Gasteiger charge is -2.25. The minimum absolute atomic E-state index is 0.0267. The molecule has 0 spiro atoms. The summed E-state index contributed by atoms with van der Waals surface area (Å²) in [5.74, 6) is 1.64. The second kappa shape index (κ2) is 6.59. The van der Waals surface area contributed by atoms with Gasteiger partial charge in [-0.3, -0.25) is 9.89 Å². The van der Waals surface area contributed by atoms with Crippen LogP contribution in [0.3, 0.4) is 0 Å². The number of likely N-dealkylation sites (tertiary alicyclic amines) is 1. The molecule has 0 aromatic carbocycles. The molecule has 2 aromatic rings. The second-order valence-electron chi connectivity index (χ2n) is 6.31. The summed E-state index contributed by atoms with van der Waals surface area (Å²) in [5.41, 5.74) is 3.78. The number of hydrogen-bond donors (Lipinski definition) is 2. The second-order valence-corrected chi connectivity index (χ2v) is 6.31. The van der Waals surface area contributed by atoms with Gasteiger partial charge in [0, 0.05) is 30.9 Å². The highest BCUT2D eigenvalue weighted by Crippen LogP contribution is 2.32. The van der Waals surface area contributed by atoms with E-state index in [0.29, 0.717) is 6.42 Å². The number of anilines is 1. The molecule has 128 valence electrons. The van der Waals surface area contributed by atoms with Crippen LogP contribution in [-0.4, -0.2) is 44.6 Å². The molecule has 2 N–H and O–H groups in total.